The first-order chi connectivity index (χ1) is 12.0. The molecule has 25 heavy (non-hydrogen) atoms. The van der Waals surface area contributed by atoms with Gasteiger partial charge in [0.25, 0.3) is 5.91 Å². The van der Waals surface area contributed by atoms with Gasteiger partial charge in [0.15, 0.2) is 6.61 Å². The minimum Gasteiger partial charge on any atom is -0.467 e. The van der Waals surface area contributed by atoms with Crippen LogP contribution < -0.4 is 10.6 Å². The molecule has 0 radical (unpaired) electrons. The number of rotatable bonds is 7. The van der Waals surface area contributed by atoms with Crippen molar-refractivity contribution in [2.24, 2.45) is 5.92 Å². The minimum absolute atomic E-state index is 0.0259. The van der Waals surface area contributed by atoms with E-state index in [2.05, 4.69) is 10.6 Å². The molecule has 0 saturated carbocycles. The van der Waals surface area contributed by atoms with E-state index in [4.69, 9.17) is 9.15 Å². The first kappa shape index (κ1) is 18.5. The Morgan fingerprint density at radius 1 is 1.40 bits per heavy atom. The van der Waals surface area contributed by atoms with E-state index in [1.165, 1.54) is 11.2 Å². The molecule has 0 unspecified atom stereocenters. The third-order valence-electron chi connectivity index (χ3n) is 3.61. The van der Waals surface area contributed by atoms with E-state index in [-0.39, 0.29) is 25.4 Å². The van der Waals surface area contributed by atoms with Gasteiger partial charge in [0, 0.05) is 19.5 Å². The number of ether oxygens (including phenoxy) is 1. The summed E-state index contributed by atoms with van der Waals surface area (Å²) in [5.74, 6) is -1.55. The molecule has 1 aliphatic rings. The second kappa shape index (κ2) is 8.86. The molecule has 0 aliphatic carbocycles. The van der Waals surface area contributed by atoms with Crippen LogP contribution in [0.2, 0.25) is 0 Å². The van der Waals surface area contributed by atoms with Gasteiger partial charge in [0.2, 0.25) is 5.91 Å². The molecule has 0 spiro atoms. The molecule has 9 nitrogen and oxygen atoms in total. The summed E-state index contributed by atoms with van der Waals surface area (Å²) in [5.41, 5.74) is 0. The predicted molar refractivity (Wildman–Crippen MR) is 85.0 cm³/mol. The molecule has 4 amide bonds. The molecule has 1 aromatic rings. The fraction of sp³-hybridized carbons (Fsp3) is 0.500. The van der Waals surface area contributed by atoms with Crippen LogP contribution in [0.15, 0.2) is 22.8 Å². The molecule has 1 aliphatic heterocycles. The van der Waals surface area contributed by atoms with E-state index in [9.17, 15) is 19.2 Å². The Kier molecular flexibility index (Phi) is 6.55. The molecule has 2 heterocycles. The highest BCUT2D eigenvalue weighted by atomic mass is 16.5. The summed E-state index contributed by atoms with van der Waals surface area (Å²) in [5, 5.41) is 4.52. The number of furan rings is 1. The number of likely N-dealkylation sites (tertiary alicyclic amines) is 1. The standard InChI is InChI=1S/C16H21N3O6/c1-2-5-17-16(23)18-13(20)10-25-15(22)11-7-14(21)19(8-11)9-12-4-3-6-24-12/h3-4,6,11H,2,5,7-10H2,1H3,(H2,17,18,20,23)/t11-/m0/s1. The van der Waals surface area contributed by atoms with Crippen LogP contribution in [0.4, 0.5) is 4.79 Å². The number of amides is 4. The van der Waals surface area contributed by atoms with Crippen molar-refractivity contribution in [1.82, 2.24) is 15.5 Å². The topological polar surface area (TPSA) is 118 Å². The molecule has 9 heteroatoms. The first-order valence-corrected chi connectivity index (χ1v) is 8.04. The maximum atomic E-state index is 12.0. The first-order valence-electron chi connectivity index (χ1n) is 8.04. The Hall–Kier alpha value is -2.84. The van der Waals surface area contributed by atoms with Crippen LogP contribution >= 0.6 is 0 Å². The largest absolute Gasteiger partial charge is 0.467 e. The van der Waals surface area contributed by atoms with E-state index in [0.29, 0.717) is 12.3 Å². The van der Waals surface area contributed by atoms with Gasteiger partial charge < -0.3 is 19.4 Å². The number of hydrogen-bond acceptors (Lipinski definition) is 6. The van der Waals surface area contributed by atoms with Crippen LogP contribution in [0.5, 0.6) is 0 Å². The van der Waals surface area contributed by atoms with Crippen molar-refractivity contribution in [1.29, 1.82) is 0 Å². The third-order valence-corrected chi connectivity index (χ3v) is 3.61. The highest BCUT2D eigenvalue weighted by molar-refractivity contribution is 5.96. The summed E-state index contributed by atoms with van der Waals surface area (Å²) in [7, 11) is 0. The number of carbonyl (C=O) groups excluding carboxylic acids is 4. The third kappa shape index (κ3) is 5.63. The molecule has 0 bridgehead atoms. The van der Waals surface area contributed by atoms with Crippen LogP contribution in [0.1, 0.15) is 25.5 Å². The van der Waals surface area contributed by atoms with Gasteiger partial charge in [0.1, 0.15) is 5.76 Å². The van der Waals surface area contributed by atoms with Crippen LogP contribution in [0.3, 0.4) is 0 Å². The van der Waals surface area contributed by atoms with Crippen LogP contribution in [-0.2, 0) is 25.7 Å². The number of nitrogens with one attached hydrogen (secondary N) is 2. The Morgan fingerprint density at radius 3 is 2.88 bits per heavy atom. The van der Waals surface area contributed by atoms with Gasteiger partial charge in [-0.1, -0.05) is 6.92 Å². The van der Waals surface area contributed by atoms with Crippen LogP contribution in [0.25, 0.3) is 0 Å². The summed E-state index contributed by atoms with van der Waals surface area (Å²) >= 11 is 0. The highest BCUT2D eigenvalue weighted by Crippen LogP contribution is 2.21. The van der Waals surface area contributed by atoms with Crippen LogP contribution in [-0.4, -0.2) is 48.4 Å². The normalized spacial score (nSPS) is 16.6. The molecule has 2 rings (SSSR count). The summed E-state index contributed by atoms with van der Waals surface area (Å²) in [6.45, 7) is 2.24. The number of imide groups is 1. The molecule has 2 N–H and O–H groups in total. The maximum absolute atomic E-state index is 12.0. The average molecular weight is 351 g/mol. The number of nitrogens with zero attached hydrogens (tertiary/aromatic N) is 1. The Balaban J connectivity index is 1.73. The Labute approximate surface area is 144 Å². The SMILES string of the molecule is CCCNC(=O)NC(=O)COC(=O)[C@H]1CC(=O)N(Cc2ccco2)C1. The van der Waals surface area contributed by atoms with Gasteiger partial charge in [0.05, 0.1) is 18.7 Å². The zero-order valence-corrected chi connectivity index (χ0v) is 13.9. The number of hydrogen-bond donors (Lipinski definition) is 2. The molecule has 1 atom stereocenters. The zero-order valence-electron chi connectivity index (χ0n) is 13.9. The lowest BCUT2D eigenvalue weighted by molar-refractivity contribution is -0.152. The smallest absolute Gasteiger partial charge is 0.321 e. The van der Waals surface area contributed by atoms with Crippen molar-refractivity contribution in [3.8, 4) is 0 Å². The van der Waals surface area contributed by atoms with Crippen LogP contribution in [0, 0.1) is 5.92 Å². The minimum atomic E-state index is -0.723. The molecule has 1 fully saturated rings. The van der Waals surface area contributed by atoms with Crippen molar-refractivity contribution in [2.45, 2.75) is 26.3 Å². The lowest BCUT2D eigenvalue weighted by Gasteiger charge is -2.14. The quantitative estimate of drug-likeness (QED) is 0.687. The van der Waals surface area contributed by atoms with Crippen molar-refractivity contribution in [2.75, 3.05) is 19.7 Å². The van der Waals surface area contributed by atoms with Gasteiger partial charge >= 0.3 is 12.0 Å². The highest BCUT2D eigenvalue weighted by Gasteiger charge is 2.35. The van der Waals surface area contributed by atoms with E-state index < -0.39 is 30.4 Å². The monoisotopic (exact) mass is 351 g/mol. The van der Waals surface area contributed by atoms with Crippen molar-refractivity contribution in [3.63, 3.8) is 0 Å². The Bertz CT molecular complexity index is 628. The summed E-state index contributed by atoms with van der Waals surface area (Å²) in [6, 6.07) is 2.83. The van der Waals surface area contributed by atoms with E-state index >= 15 is 0 Å². The molecular formula is C16H21N3O6. The van der Waals surface area contributed by atoms with Gasteiger partial charge in [-0.2, -0.15) is 0 Å². The average Bonchev–Trinajstić information content (AvgIpc) is 3.21. The second-order valence-corrected chi connectivity index (χ2v) is 5.67. The summed E-state index contributed by atoms with van der Waals surface area (Å²) < 4.78 is 10.1. The maximum Gasteiger partial charge on any atom is 0.321 e. The Morgan fingerprint density at radius 2 is 2.20 bits per heavy atom. The van der Waals surface area contributed by atoms with Gasteiger partial charge in [-0.3, -0.25) is 19.7 Å². The fourth-order valence-electron chi connectivity index (χ4n) is 2.37. The lowest BCUT2D eigenvalue weighted by atomic mass is 10.1. The van der Waals surface area contributed by atoms with Crippen molar-refractivity contribution < 1.29 is 28.3 Å². The lowest BCUT2D eigenvalue weighted by Crippen LogP contribution is -2.42. The summed E-state index contributed by atoms with van der Waals surface area (Å²) in [4.78, 5) is 48.3. The van der Waals surface area contributed by atoms with Gasteiger partial charge in [-0.15, -0.1) is 0 Å². The summed E-state index contributed by atoms with van der Waals surface area (Å²) in [6.07, 6.45) is 2.27. The fourth-order valence-corrected chi connectivity index (χ4v) is 2.37. The number of carbonyl (C=O) groups is 4. The molecule has 0 aromatic carbocycles. The van der Waals surface area contributed by atoms with Gasteiger partial charge in [-0.25, -0.2) is 4.79 Å². The van der Waals surface area contributed by atoms with E-state index in [1.807, 2.05) is 6.92 Å². The number of esters is 1. The second-order valence-electron chi connectivity index (χ2n) is 5.67. The van der Waals surface area contributed by atoms with E-state index in [0.717, 1.165) is 6.42 Å². The number of urea groups is 1. The molecule has 1 saturated heterocycles. The molecular weight excluding hydrogens is 330 g/mol. The zero-order chi connectivity index (χ0) is 18.2. The van der Waals surface area contributed by atoms with Gasteiger partial charge in [-0.05, 0) is 18.6 Å². The molecule has 1 aromatic heterocycles. The molecule has 136 valence electrons. The van der Waals surface area contributed by atoms with Crippen molar-refractivity contribution in [3.05, 3.63) is 24.2 Å². The van der Waals surface area contributed by atoms with Crippen molar-refractivity contribution >= 4 is 23.8 Å². The predicted octanol–water partition coefficient (Wildman–Crippen LogP) is 0.407. The van der Waals surface area contributed by atoms with E-state index in [1.54, 1.807) is 12.1 Å².